The average molecular weight is 429 g/mol. The van der Waals surface area contributed by atoms with Gasteiger partial charge in [-0.2, -0.15) is 9.78 Å². The molecule has 2 heterocycles. The molecule has 2 aromatic carbocycles. The molecule has 0 N–H and O–H groups in total. The van der Waals surface area contributed by atoms with Crippen LogP contribution < -0.4 is 5.56 Å². The van der Waals surface area contributed by atoms with Crippen LogP contribution in [0.3, 0.4) is 0 Å². The first kappa shape index (κ1) is 19.5. The predicted molar refractivity (Wildman–Crippen MR) is 116 cm³/mol. The van der Waals surface area contributed by atoms with E-state index in [4.69, 9.17) is 23.2 Å². The Bertz CT molecular complexity index is 1340. The molecule has 0 aliphatic heterocycles. The van der Waals surface area contributed by atoms with Crippen LogP contribution in [0.2, 0.25) is 10.0 Å². The molecule has 4 rings (SSSR count). The topological polar surface area (TPSA) is 60.1 Å². The fraction of sp³-hybridized carbons (Fsp3) is 0.190. The number of rotatable bonds is 3. The summed E-state index contributed by atoms with van der Waals surface area (Å²) < 4.78 is 3.06. The van der Waals surface area contributed by atoms with E-state index in [1.54, 1.807) is 62.1 Å². The van der Waals surface area contributed by atoms with Crippen LogP contribution in [0.5, 0.6) is 0 Å². The second-order valence-electron chi connectivity index (χ2n) is 7.02. The minimum absolute atomic E-state index is 0.0516. The van der Waals surface area contributed by atoms with Crippen molar-refractivity contribution in [3.63, 3.8) is 0 Å². The molecule has 0 spiro atoms. The lowest BCUT2D eigenvalue weighted by atomic mass is 10.1. The summed E-state index contributed by atoms with van der Waals surface area (Å²) in [6.07, 6.45) is 0.0516. The molecule has 0 aliphatic rings. The van der Waals surface area contributed by atoms with Gasteiger partial charge in [0, 0.05) is 36.9 Å². The molecule has 148 valence electrons. The van der Waals surface area contributed by atoms with Gasteiger partial charge in [0.2, 0.25) is 5.91 Å². The van der Waals surface area contributed by atoms with Crippen LogP contribution in [0.4, 0.5) is 0 Å². The number of likely N-dealkylation sites (N-methyl/N-ethyl adjacent to an activating group) is 1. The van der Waals surface area contributed by atoms with Gasteiger partial charge < -0.3 is 9.47 Å². The van der Waals surface area contributed by atoms with Crippen LogP contribution in [-0.4, -0.2) is 39.3 Å². The summed E-state index contributed by atoms with van der Waals surface area (Å²) >= 11 is 12.5. The molecule has 0 atom stereocenters. The van der Waals surface area contributed by atoms with Gasteiger partial charge in [-0.05, 0) is 24.3 Å². The van der Waals surface area contributed by atoms with E-state index >= 15 is 0 Å². The summed E-state index contributed by atoms with van der Waals surface area (Å²) in [5.41, 5.74) is 1.89. The molecule has 0 saturated carbocycles. The Hall–Kier alpha value is -2.83. The second-order valence-corrected chi connectivity index (χ2v) is 7.87. The number of carbonyl (C=O) groups is 1. The van der Waals surface area contributed by atoms with Crippen molar-refractivity contribution in [2.24, 2.45) is 7.05 Å². The molecule has 29 heavy (non-hydrogen) atoms. The van der Waals surface area contributed by atoms with Gasteiger partial charge in [0.05, 0.1) is 28.3 Å². The van der Waals surface area contributed by atoms with Crippen LogP contribution in [-0.2, 0) is 18.3 Å². The van der Waals surface area contributed by atoms with Gasteiger partial charge in [-0.1, -0.05) is 41.4 Å². The highest BCUT2D eigenvalue weighted by atomic mass is 35.5. The monoisotopic (exact) mass is 428 g/mol. The Kier molecular flexibility index (Phi) is 4.84. The zero-order valence-corrected chi connectivity index (χ0v) is 17.6. The second kappa shape index (κ2) is 7.21. The number of amides is 1. The van der Waals surface area contributed by atoms with Gasteiger partial charge in [0.25, 0.3) is 5.56 Å². The number of aryl methyl sites for hydroxylation is 1. The van der Waals surface area contributed by atoms with Gasteiger partial charge in [-0.3, -0.25) is 9.59 Å². The molecule has 0 bridgehead atoms. The minimum Gasteiger partial charge on any atom is -0.348 e. The van der Waals surface area contributed by atoms with Crippen molar-refractivity contribution < 1.29 is 4.79 Å². The lowest BCUT2D eigenvalue weighted by Gasteiger charge is -2.13. The van der Waals surface area contributed by atoms with Crippen LogP contribution in [0.25, 0.3) is 27.5 Å². The summed E-state index contributed by atoms with van der Waals surface area (Å²) in [4.78, 5) is 27.4. The molecule has 2 aromatic heterocycles. The number of aromatic nitrogens is 3. The molecular weight excluding hydrogens is 411 g/mol. The Balaban J connectivity index is 2.15. The number of hydrogen-bond donors (Lipinski definition) is 0. The Morgan fingerprint density at radius 3 is 2.55 bits per heavy atom. The lowest BCUT2D eigenvalue weighted by Crippen LogP contribution is -2.28. The molecule has 4 aromatic rings. The van der Waals surface area contributed by atoms with Gasteiger partial charge in [0.15, 0.2) is 0 Å². The van der Waals surface area contributed by atoms with Crippen molar-refractivity contribution >= 4 is 50.9 Å². The van der Waals surface area contributed by atoms with Crippen LogP contribution in [0, 0.1) is 0 Å². The lowest BCUT2D eigenvalue weighted by molar-refractivity contribution is -0.128. The number of halogens is 2. The van der Waals surface area contributed by atoms with Crippen molar-refractivity contribution in [1.82, 2.24) is 19.2 Å². The van der Waals surface area contributed by atoms with Gasteiger partial charge in [-0.15, -0.1) is 0 Å². The first-order chi connectivity index (χ1) is 13.8. The number of para-hydroxylation sites is 1. The number of benzene rings is 2. The Labute approximate surface area is 176 Å². The van der Waals surface area contributed by atoms with Gasteiger partial charge in [-0.25, -0.2) is 0 Å². The number of carbonyl (C=O) groups excluding carboxylic acids is 1. The summed E-state index contributed by atoms with van der Waals surface area (Å²) in [6.45, 7) is 0. The highest BCUT2D eigenvalue weighted by Gasteiger charge is 2.22. The number of nitrogens with zero attached hydrogens (tertiary/aromatic N) is 4. The van der Waals surface area contributed by atoms with Gasteiger partial charge in [0.1, 0.15) is 5.52 Å². The maximum atomic E-state index is 13.4. The molecule has 8 heteroatoms. The Morgan fingerprint density at radius 2 is 1.86 bits per heavy atom. The van der Waals surface area contributed by atoms with E-state index in [1.807, 2.05) is 6.07 Å². The van der Waals surface area contributed by atoms with Crippen molar-refractivity contribution in [2.75, 3.05) is 14.1 Å². The zero-order valence-electron chi connectivity index (χ0n) is 16.1. The summed E-state index contributed by atoms with van der Waals surface area (Å²) in [5, 5.41) is 7.00. The highest BCUT2D eigenvalue weighted by Crippen LogP contribution is 2.31. The first-order valence-corrected chi connectivity index (χ1v) is 9.70. The zero-order chi connectivity index (χ0) is 20.9. The summed E-state index contributed by atoms with van der Waals surface area (Å²) in [6, 6.07) is 12.4. The molecule has 0 unspecified atom stereocenters. The normalized spacial score (nSPS) is 11.3. The quantitative estimate of drug-likeness (QED) is 0.498. The van der Waals surface area contributed by atoms with E-state index in [9.17, 15) is 9.59 Å². The molecule has 1 amide bonds. The highest BCUT2D eigenvalue weighted by molar-refractivity contribution is 6.32. The number of hydrogen-bond acceptors (Lipinski definition) is 3. The third kappa shape index (κ3) is 3.18. The van der Waals surface area contributed by atoms with Crippen molar-refractivity contribution in [3.8, 4) is 5.69 Å². The Morgan fingerprint density at radius 1 is 1.14 bits per heavy atom. The van der Waals surface area contributed by atoms with E-state index < -0.39 is 0 Å². The fourth-order valence-corrected chi connectivity index (χ4v) is 3.86. The van der Waals surface area contributed by atoms with Crippen LogP contribution >= 0.6 is 23.2 Å². The van der Waals surface area contributed by atoms with Crippen molar-refractivity contribution in [1.29, 1.82) is 0 Å². The van der Waals surface area contributed by atoms with E-state index in [2.05, 4.69) is 5.10 Å². The third-order valence-corrected chi connectivity index (χ3v) is 5.52. The molecular formula is C21H18Cl2N4O2. The molecule has 0 saturated heterocycles. The maximum Gasteiger partial charge on any atom is 0.296 e. The summed E-state index contributed by atoms with van der Waals surface area (Å²) in [7, 11) is 5.18. The first-order valence-electron chi connectivity index (χ1n) is 8.94. The van der Waals surface area contributed by atoms with Crippen molar-refractivity contribution in [3.05, 3.63) is 68.6 Å². The molecule has 0 radical (unpaired) electrons. The third-order valence-electron chi connectivity index (χ3n) is 4.97. The summed E-state index contributed by atoms with van der Waals surface area (Å²) in [5.74, 6) is -0.117. The van der Waals surface area contributed by atoms with E-state index in [1.165, 1.54) is 9.58 Å². The van der Waals surface area contributed by atoms with Gasteiger partial charge >= 0.3 is 0 Å². The molecule has 0 aliphatic carbocycles. The maximum absolute atomic E-state index is 13.4. The molecule has 0 fully saturated rings. The number of fused-ring (bicyclic) bond motifs is 3. The van der Waals surface area contributed by atoms with Crippen molar-refractivity contribution in [2.45, 2.75) is 6.42 Å². The SMILES string of the molecule is CN(C)C(=O)Cc1nn(-c2ccccc2Cl)c(=O)c2c1c1ccc(Cl)cc1n2C. The van der Waals surface area contributed by atoms with Crippen LogP contribution in [0.15, 0.2) is 47.3 Å². The molecule has 6 nitrogen and oxygen atoms in total. The van der Waals surface area contributed by atoms with E-state index in [-0.39, 0.29) is 17.9 Å². The fourth-order valence-electron chi connectivity index (χ4n) is 3.48. The standard InChI is InChI=1S/C21H18Cl2N4O2/c1-25(2)18(28)11-15-19-13-9-8-12(22)10-17(13)26(3)20(19)21(29)27(24-15)16-7-5-4-6-14(16)23/h4-10H,11H2,1-3H3. The minimum atomic E-state index is -0.316. The smallest absolute Gasteiger partial charge is 0.296 e. The predicted octanol–water partition coefficient (Wildman–Crippen LogP) is 3.81. The average Bonchev–Trinajstić information content (AvgIpc) is 2.97. The van der Waals surface area contributed by atoms with E-state index in [0.717, 1.165) is 10.9 Å². The van der Waals surface area contributed by atoms with Crippen LogP contribution in [0.1, 0.15) is 5.69 Å². The van der Waals surface area contributed by atoms with E-state index in [0.29, 0.717) is 32.3 Å². The largest absolute Gasteiger partial charge is 0.348 e.